The van der Waals surface area contributed by atoms with Gasteiger partial charge in [0.2, 0.25) is 11.7 Å². The molecule has 3 rings (SSSR count). The third-order valence-electron chi connectivity index (χ3n) is 4.19. The van der Waals surface area contributed by atoms with Crippen LogP contribution in [-0.2, 0) is 4.79 Å². The molecule has 0 saturated carbocycles. The first-order valence-corrected chi connectivity index (χ1v) is 9.69. The number of nitrogens with one attached hydrogen (secondary N) is 1. The third kappa shape index (κ3) is 4.75. The first kappa shape index (κ1) is 20.4. The molecule has 0 radical (unpaired) electrons. The van der Waals surface area contributed by atoms with E-state index >= 15 is 0 Å². The molecule has 7 heteroatoms. The van der Waals surface area contributed by atoms with Crippen molar-refractivity contribution in [3.8, 4) is 28.5 Å². The zero-order valence-corrected chi connectivity index (χ0v) is 17.5. The average molecular weight is 410 g/mol. The summed E-state index contributed by atoms with van der Waals surface area (Å²) < 4.78 is 16.0. The molecule has 1 amide bonds. The van der Waals surface area contributed by atoms with E-state index in [9.17, 15) is 4.79 Å². The van der Waals surface area contributed by atoms with Crippen molar-refractivity contribution in [2.24, 2.45) is 0 Å². The van der Waals surface area contributed by atoms with Crippen molar-refractivity contribution in [2.75, 3.05) is 26.6 Å². The molecule has 0 spiro atoms. The number of aromatic nitrogens is 1. The number of ether oxygens (including phenoxy) is 3. The Morgan fingerprint density at radius 3 is 2.28 bits per heavy atom. The molecule has 0 aliphatic rings. The minimum absolute atomic E-state index is 0.271. The van der Waals surface area contributed by atoms with Gasteiger partial charge in [0.25, 0.3) is 0 Å². The minimum atomic E-state index is -0.271. The number of anilines is 1. The molecule has 0 aliphatic carbocycles. The SMILES string of the molecule is COc1cc(/C=C/C(=O)Nc2nc(-c3ccccc3)c(C)s2)cc(OC)c1OC. The molecular formula is C22H22N2O4S. The molecule has 150 valence electrons. The molecule has 0 fully saturated rings. The van der Waals surface area contributed by atoms with E-state index in [0.29, 0.717) is 22.4 Å². The van der Waals surface area contributed by atoms with Gasteiger partial charge in [-0.05, 0) is 30.7 Å². The van der Waals surface area contributed by atoms with Crippen molar-refractivity contribution >= 4 is 28.5 Å². The van der Waals surface area contributed by atoms with Gasteiger partial charge in [0.15, 0.2) is 16.6 Å². The molecule has 29 heavy (non-hydrogen) atoms. The van der Waals surface area contributed by atoms with E-state index in [2.05, 4.69) is 10.3 Å². The van der Waals surface area contributed by atoms with Crippen LogP contribution in [0.25, 0.3) is 17.3 Å². The lowest BCUT2D eigenvalue weighted by atomic mass is 10.1. The van der Waals surface area contributed by atoms with E-state index in [1.165, 1.54) is 17.4 Å². The molecule has 1 aromatic heterocycles. The van der Waals surface area contributed by atoms with E-state index in [-0.39, 0.29) is 5.91 Å². The number of thiazole rings is 1. The zero-order chi connectivity index (χ0) is 20.8. The Bertz CT molecular complexity index is 1000. The molecular weight excluding hydrogens is 388 g/mol. The van der Waals surface area contributed by atoms with E-state index in [4.69, 9.17) is 14.2 Å². The van der Waals surface area contributed by atoms with Crippen molar-refractivity contribution in [3.05, 3.63) is 59.0 Å². The number of carbonyl (C=O) groups excluding carboxylic acids is 1. The summed E-state index contributed by atoms with van der Waals surface area (Å²) in [5.41, 5.74) is 2.64. The fourth-order valence-corrected chi connectivity index (χ4v) is 3.67. The number of rotatable bonds is 7. The van der Waals surface area contributed by atoms with E-state index in [1.54, 1.807) is 39.5 Å². The number of carbonyl (C=O) groups is 1. The second-order valence-corrected chi connectivity index (χ2v) is 7.27. The largest absolute Gasteiger partial charge is 0.493 e. The highest BCUT2D eigenvalue weighted by Crippen LogP contribution is 2.38. The molecule has 1 heterocycles. The zero-order valence-electron chi connectivity index (χ0n) is 16.7. The lowest BCUT2D eigenvalue weighted by Gasteiger charge is -2.12. The van der Waals surface area contributed by atoms with Crippen molar-refractivity contribution in [3.63, 3.8) is 0 Å². The van der Waals surface area contributed by atoms with Crippen LogP contribution in [0.3, 0.4) is 0 Å². The Labute approximate surface area is 173 Å². The van der Waals surface area contributed by atoms with Gasteiger partial charge in [-0.2, -0.15) is 0 Å². The Balaban J connectivity index is 1.75. The summed E-state index contributed by atoms with van der Waals surface area (Å²) in [4.78, 5) is 17.9. The number of hydrogen-bond acceptors (Lipinski definition) is 6. The summed E-state index contributed by atoms with van der Waals surface area (Å²) in [5.74, 6) is 1.28. The van der Waals surface area contributed by atoms with Crippen LogP contribution < -0.4 is 19.5 Å². The molecule has 3 aromatic rings. The topological polar surface area (TPSA) is 69.7 Å². The summed E-state index contributed by atoms with van der Waals surface area (Å²) in [6, 6.07) is 13.4. The molecule has 0 atom stereocenters. The first-order chi connectivity index (χ1) is 14.0. The molecule has 0 aliphatic heterocycles. The Kier molecular flexibility index (Phi) is 6.51. The van der Waals surface area contributed by atoms with Crippen LogP contribution in [0.2, 0.25) is 0 Å². The van der Waals surface area contributed by atoms with Gasteiger partial charge < -0.3 is 14.2 Å². The van der Waals surface area contributed by atoms with Crippen LogP contribution in [0.1, 0.15) is 10.4 Å². The highest BCUT2D eigenvalue weighted by Gasteiger charge is 2.13. The Morgan fingerprint density at radius 2 is 1.69 bits per heavy atom. The Hall–Kier alpha value is -3.32. The number of nitrogens with zero attached hydrogens (tertiary/aromatic N) is 1. The lowest BCUT2D eigenvalue weighted by Crippen LogP contribution is -2.07. The highest BCUT2D eigenvalue weighted by atomic mass is 32.1. The smallest absolute Gasteiger partial charge is 0.250 e. The maximum atomic E-state index is 12.4. The van der Waals surface area contributed by atoms with Crippen LogP contribution in [-0.4, -0.2) is 32.2 Å². The number of amides is 1. The maximum absolute atomic E-state index is 12.4. The van der Waals surface area contributed by atoms with E-state index in [1.807, 2.05) is 37.3 Å². The number of hydrogen-bond donors (Lipinski definition) is 1. The standard InChI is InChI=1S/C22H22N2O4S/c1-14-20(16-8-6-5-7-9-16)24-22(29-14)23-19(25)11-10-15-12-17(26-2)21(28-4)18(13-15)27-3/h5-13H,1-4H3,(H,23,24,25)/b11-10+. The van der Waals surface area contributed by atoms with Crippen LogP contribution in [0.5, 0.6) is 17.2 Å². The summed E-state index contributed by atoms with van der Waals surface area (Å²) in [5, 5.41) is 3.37. The van der Waals surface area contributed by atoms with Gasteiger partial charge in [-0.15, -0.1) is 11.3 Å². The third-order valence-corrected chi connectivity index (χ3v) is 5.07. The summed E-state index contributed by atoms with van der Waals surface area (Å²) in [6.07, 6.45) is 3.12. The van der Waals surface area contributed by atoms with Crippen LogP contribution in [0.15, 0.2) is 48.5 Å². The van der Waals surface area contributed by atoms with Crippen LogP contribution in [0, 0.1) is 6.92 Å². The van der Waals surface area contributed by atoms with E-state index in [0.717, 1.165) is 21.7 Å². The fourth-order valence-electron chi connectivity index (χ4n) is 2.83. The quantitative estimate of drug-likeness (QED) is 0.567. The monoisotopic (exact) mass is 410 g/mol. The van der Waals surface area contributed by atoms with Crippen molar-refractivity contribution in [1.29, 1.82) is 0 Å². The maximum Gasteiger partial charge on any atom is 0.250 e. The first-order valence-electron chi connectivity index (χ1n) is 8.87. The predicted octanol–water partition coefficient (Wildman–Crippen LogP) is 4.80. The predicted molar refractivity (Wildman–Crippen MR) is 116 cm³/mol. The second-order valence-electron chi connectivity index (χ2n) is 6.07. The molecule has 2 aromatic carbocycles. The number of aryl methyl sites for hydroxylation is 1. The highest BCUT2D eigenvalue weighted by molar-refractivity contribution is 7.16. The van der Waals surface area contributed by atoms with Crippen molar-refractivity contribution in [2.45, 2.75) is 6.92 Å². The minimum Gasteiger partial charge on any atom is -0.493 e. The van der Waals surface area contributed by atoms with Gasteiger partial charge in [-0.3, -0.25) is 10.1 Å². The number of methoxy groups -OCH3 is 3. The Morgan fingerprint density at radius 1 is 1.03 bits per heavy atom. The molecule has 0 saturated heterocycles. The van der Waals surface area contributed by atoms with Gasteiger partial charge in [0.05, 0.1) is 27.0 Å². The molecule has 0 bridgehead atoms. The second kappa shape index (κ2) is 9.25. The van der Waals surface area contributed by atoms with Crippen molar-refractivity contribution in [1.82, 2.24) is 4.98 Å². The van der Waals surface area contributed by atoms with Crippen LogP contribution >= 0.6 is 11.3 Å². The number of benzene rings is 2. The normalized spacial score (nSPS) is 10.8. The van der Waals surface area contributed by atoms with Crippen LogP contribution in [0.4, 0.5) is 5.13 Å². The van der Waals surface area contributed by atoms with Crippen molar-refractivity contribution < 1.29 is 19.0 Å². The van der Waals surface area contributed by atoms with Gasteiger partial charge >= 0.3 is 0 Å². The summed E-state index contributed by atoms with van der Waals surface area (Å²) >= 11 is 1.44. The molecule has 6 nitrogen and oxygen atoms in total. The summed E-state index contributed by atoms with van der Waals surface area (Å²) in [7, 11) is 4.64. The average Bonchev–Trinajstić information content (AvgIpc) is 3.11. The fraction of sp³-hybridized carbons (Fsp3) is 0.182. The van der Waals surface area contributed by atoms with Gasteiger partial charge in [0.1, 0.15) is 0 Å². The summed E-state index contributed by atoms with van der Waals surface area (Å²) in [6.45, 7) is 1.99. The molecule has 0 unspecified atom stereocenters. The van der Waals surface area contributed by atoms with E-state index < -0.39 is 0 Å². The molecule has 1 N–H and O–H groups in total. The van der Waals surface area contributed by atoms with Gasteiger partial charge in [-0.1, -0.05) is 30.3 Å². The lowest BCUT2D eigenvalue weighted by molar-refractivity contribution is -0.111. The van der Waals surface area contributed by atoms with Gasteiger partial charge in [-0.25, -0.2) is 4.98 Å². The van der Waals surface area contributed by atoms with Gasteiger partial charge in [0, 0.05) is 16.5 Å².